The molecule has 2 aromatic rings. The molecule has 0 amide bonds. The van der Waals surface area contributed by atoms with Crippen LogP contribution in [0.25, 0.3) is 5.57 Å². The third kappa shape index (κ3) is 6.13. The van der Waals surface area contributed by atoms with E-state index in [1.807, 2.05) is 19.1 Å². The molecule has 9 heteroatoms. The van der Waals surface area contributed by atoms with Gasteiger partial charge in [-0.05, 0) is 67.2 Å². The lowest BCUT2D eigenvalue weighted by atomic mass is 9.85. The Kier molecular flexibility index (Phi) is 7.78. The van der Waals surface area contributed by atoms with Crippen LogP contribution < -0.4 is 9.47 Å². The van der Waals surface area contributed by atoms with Crippen LogP contribution in [0.15, 0.2) is 42.0 Å². The van der Waals surface area contributed by atoms with Crippen LogP contribution in [-0.2, 0) is 23.9 Å². The molecular formula is C27H30F3NO5. The Morgan fingerprint density at radius 2 is 1.81 bits per heavy atom. The summed E-state index contributed by atoms with van der Waals surface area (Å²) in [6, 6.07) is 9.64. The molecule has 2 aromatic carbocycles. The van der Waals surface area contributed by atoms with Gasteiger partial charge in [-0.1, -0.05) is 24.6 Å². The number of carbonyl (C=O) groups is 1. The molecule has 0 aromatic heterocycles. The number of benzene rings is 2. The fraction of sp³-hybridized carbons (Fsp3) is 0.444. The zero-order chi connectivity index (χ0) is 25.9. The number of aryl methyl sites for hydroxylation is 1. The standard InChI is InChI=1S/C27H30F3NO5/c1-3-10-34-22-7-6-20(25(12-22)27(28,29)30)16-35-21-8-9-24-17(2)19(5-4-18(24)11-21)13-31-14-23(15-31)36-26(32)33/h6-9,11-12,23H,3-5,10,13-16H2,1-2H3,(H,32,33). The van der Waals surface area contributed by atoms with E-state index in [4.69, 9.17) is 19.3 Å². The Morgan fingerprint density at radius 3 is 2.50 bits per heavy atom. The first-order chi connectivity index (χ1) is 17.1. The quantitative estimate of drug-likeness (QED) is 0.411. The Morgan fingerprint density at radius 1 is 1.08 bits per heavy atom. The fourth-order valence-electron chi connectivity index (χ4n) is 4.65. The zero-order valence-corrected chi connectivity index (χ0v) is 20.4. The molecule has 0 radical (unpaired) electrons. The topological polar surface area (TPSA) is 68.2 Å². The van der Waals surface area contributed by atoms with Crippen molar-refractivity contribution in [3.63, 3.8) is 0 Å². The molecule has 0 saturated carbocycles. The largest absolute Gasteiger partial charge is 0.506 e. The van der Waals surface area contributed by atoms with Gasteiger partial charge in [-0.25, -0.2) is 4.79 Å². The van der Waals surface area contributed by atoms with Crippen LogP contribution in [0.4, 0.5) is 18.0 Å². The summed E-state index contributed by atoms with van der Waals surface area (Å²) in [5, 5.41) is 8.71. The van der Waals surface area contributed by atoms with E-state index in [-0.39, 0.29) is 24.0 Å². The average Bonchev–Trinajstić information content (AvgIpc) is 2.81. The van der Waals surface area contributed by atoms with Gasteiger partial charge in [0.2, 0.25) is 0 Å². The van der Waals surface area contributed by atoms with E-state index in [0.29, 0.717) is 31.9 Å². The number of alkyl halides is 3. The van der Waals surface area contributed by atoms with E-state index < -0.39 is 17.9 Å². The maximum Gasteiger partial charge on any atom is 0.506 e. The maximum atomic E-state index is 13.6. The fourth-order valence-corrected chi connectivity index (χ4v) is 4.65. The van der Waals surface area contributed by atoms with Crippen molar-refractivity contribution in [2.75, 3.05) is 26.2 Å². The number of halogens is 3. The van der Waals surface area contributed by atoms with E-state index in [2.05, 4.69) is 11.8 Å². The van der Waals surface area contributed by atoms with Crippen molar-refractivity contribution in [2.24, 2.45) is 0 Å². The van der Waals surface area contributed by atoms with Gasteiger partial charge in [0.15, 0.2) is 0 Å². The molecular weight excluding hydrogens is 475 g/mol. The van der Waals surface area contributed by atoms with Crippen molar-refractivity contribution in [1.29, 1.82) is 0 Å². The minimum absolute atomic E-state index is 0.0576. The molecule has 0 unspecified atom stereocenters. The molecule has 1 aliphatic carbocycles. The van der Waals surface area contributed by atoms with E-state index in [1.165, 1.54) is 17.2 Å². The molecule has 36 heavy (non-hydrogen) atoms. The molecule has 6 nitrogen and oxygen atoms in total. The zero-order valence-electron chi connectivity index (χ0n) is 20.4. The summed E-state index contributed by atoms with van der Waals surface area (Å²) in [5.74, 6) is 0.726. The Balaban J connectivity index is 1.41. The number of allylic oxidation sites excluding steroid dienone is 1. The summed E-state index contributed by atoms with van der Waals surface area (Å²) in [6.45, 7) is 6.07. The number of ether oxygens (including phenoxy) is 3. The molecule has 1 heterocycles. The van der Waals surface area contributed by atoms with E-state index in [1.54, 1.807) is 12.1 Å². The minimum Gasteiger partial charge on any atom is -0.494 e. The van der Waals surface area contributed by atoms with Gasteiger partial charge < -0.3 is 19.3 Å². The lowest BCUT2D eigenvalue weighted by molar-refractivity contribution is -0.138. The highest BCUT2D eigenvalue weighted by molar-refractivity contribution is 5.72. The summed E-state index contributed by atoms with van der Waals surface area (Å²) < 4.78 is 56.8. The van der Waals surface area contributed by atoms with Gasteiger partial charge in [-0.2, -0.15) is 13.2 Å². The van der Waals surface area contributed by atoms with Gasteiger partial charge in [-0.15, -0.1) is 0 Å². The van der Waals surface area contributed by atoms with E-state index in [9.17, 15) is 18.0 Å². The molecule has 194 valence electrons. The number of likely N-dealkylation sites (tertiary alicyclic amines) is 1. The second kappa shape index (κ2) is 10.8. The normalized spacial score (nSPS) is 16.4. The number of rotatable bonds is 9. The Hall–Kier alpha value is -3.20. The van der Waals surface area contributed by atoms with Crippen LogP contribution in [0.3, 0.4) is 0 Å². The van der Waals surface area contributed by atoms with Gasteiger partial charge in [0.25, 0.3) is 0 Å². The monoisotopic (exact) mass is 505 g/mol. The Labute approximate surface area is 208 Å². The van der Waals surface area contributed by atoms with Crippen molar-refractivity contribution in [1.82, 2.24) is 4.90 Å². The summed E-state index contributed by atoms with van der Waals surface area (Å²) >= 11 is 0. The third-order valence-corrected chi connectivity index (χ3v) is 6.57. The summed E-state index contributed by atoms with van der Waals surface area (Å²) in [6.07, 6.45) is -3.64. The average molecular weight is 506 g/mol. The van der Waals surface area contributed by atoms with Crippen molar-refractivity contribution in [3.8, 4) is 11.5 Å². The van der Waals surface area contributed by atoms with Gasteiger partial charge in [0.05, 0.1) is 12.2 Å². The number of carboxylic acid groups (broad SMARTS) is 1. The molecule has 1 saturated heterocycles. The van der Waals surface area contributed by atoms with Crippen LogP contribution in [0.5, 0.6) is 11.5 Å². The highest BCUT2D eigenvalue weighted by Gasteiger charge is 2.34. The predicted molar refractivity (Wildman–Crippen MR) is 128 cm³/mol. The first kappa shape index (κ1) is 25.9. The first-order valence-electron chi connectivity index (χ1n) is 12.0. The lowest BCUT2D eigenvalue weighted by Crippen LogP contribution is -2.53. The molecule has 4 rings (SSSR count). The maximum absolute atomic E-state index is 13.6. The minimum atomic E-state index is -4.51. The summed E-state index contributed by atoms with van der Waals surface area (Å²) in [5.41, 5.74) is 3.99. The SMILES string of the molecule is CCCOc1ccc(COc2ccc3c(c2)CCC(CN2CC(OC(=O)O)C2)=C3C)c(C(F)(F)F)c1. The molecule has 2 aliphatic rings. The lowest BCUT2D eigenvalue weighted by Gasteiger charge is -2.39. The van der Waals surface area contributed by atoms with Crippen molar-refractivity contribution in [3.05, 3.63) is 64.2 Å². The van der Waals surface area contributed by atoms with Gasteiger partial charge >= 0.3 is 12.3 Å². The molecule has 1 N–H and O–H groups in total. The molecule has 0 atom stereocenters. The van der Waals surface area contributed by atoms with Crippen molar-refractivity contribution in [2.45, 2.75) is 52.0 Å². The highest BCUT2D eigenvalue weighted by Crippen LogP contribution is 2.37. The van der Waals surface area contributed by atoms with Crippen molar-refractivity contribution < 1.29 is 37.3 Å². The van der Waals surface area contributed by atoms with Gasteiger partial charge in [0.1, 0.15) is 24.2 Å². The van der Waals surface area contributed by atoms with Crippen LogP contribution >= 0.6 is 0 Å². The molecule has 1 fully saturated rings. The van der Waals surface area contributed by atoms with Gasteiger partial charge in [-0.3, -0.25) is 4.90 Å². The summed E-state index contributed by atoms with van der Waals surface area (Å²) in [7, 11) is 0. The number of nitrogens with zero attached hydrogens (tertiary/aromatic N) is 1. The second-order valence-electron chi connectivity index (χ2n) is 9.20. The predicted octanol–water partition coefficient (Wildman–Crippen LogP) is 6.17. The number of hydrogen-bond acceptors (Lipinski definition) is 5. The molecule has 0 spiro atoms. The summed E-state index contributed by atoms with van der Waals surface area (Å²) in [4.78, 5) is 12.8. The second-order valence-corrected chi connectivity index (χ2v) is 9.20. The molecule has 1 aliphatic heterocycles. The van der Waals surface area contributed by atoms with Crippen LogP contribution in [-0.4, -0.2) is 48.5 Å². The number of hydrogen-bond donors (Lipinski definition) is 1. The van der Waals surface area contributed by atoms with Crippen LogP contribution in [0.2, 0.25) is 0 Å². The van der Waals surface area contributed by atoms with E-state index >= 15 is 0 Å². The highest BCUT2D eigenvalue weighted by atomic mass is 19.4. The number of fused-ring (bicyclic) bond motifs is 1. The smallest absolute Gasteiger partial charge is 0.494 e. The van der Waals surface area contributed by atoms with E-state index in [0.717, 1.165) is 36.6 Å². The van der Waals surface area contributed by atoms with Crippen LogP contribution in [0.1, 0.15) is 48.9 Å². The van der Waals surface area contributed by atoms with Gasteiger partial charge in [0, 0.05) is 25.2 Å². The van der Waals surface area contributed by atoms with Crippen molar-refractivity contribution >= 4 is 11.7 Å². The third-order valence-electron chi connectivity index (χ3n) is 6.57. The Bertz CT molecular complexity index is 1140. The first-order valence-corrected chi connectivity index (χ1v) is 12.0. The van der Waals surface area contributed by atoms with Crippen LogP contribution in [0, 0.1) is 0 Å². The molecule has 0 bridgehead atoms.